The van der Waals surface area contributed by atoms with E-state index in [4.69, 9.17) is 10.2 Å². The van der Waals surface area contributed by atoms with Crippen molar-refractivity contribution in [1.82, 2.24) is 14.7 Å². The van der Waals surface area contributed by atoms with Crippen LogP contribution in [0.2, 0.25) is 0 Å². The quantitative estimate of drug-likeness (QED) is 0.660. The van der Waals surface area contributed by atoms with Crippen molar-refractivity contribution in [2.75, 3.05) is 26.3 Å². The Kier molecular flexibility index (Phi) is 6.07. The van der Waals surface area contributed by atoms with Crippen molar-refractivity contribution < 1.29 is 10.2 Å². The van der Waals surface area contributed by atoms with Crippen LogP contribution in [0, 0.1) is 0 Å². The largest absolute Gasteiger partial charge is 0.396 e. The summed E-state index contributed by atoms with van der Waals surface area (Å²) < 4.78 is 1.89. The minimum absolute atomic E-state index is 0.146. The third-order valence-electron chi connectivity index (χ3n) is 2.47. The van der Waals surface area contributed by atoms with Crippen molar-refractivity contribution in [3.8, 4) is 0 Å². The summed E-state index contributed by atoms with van der Waals surface area (Å²) in [6.07, 6.45) is 4.61. The second-order valence-corrected chi connectivity index (χ2v) is 3.78. The highest BCUT2D eigenvalue weighted by molar-refractivity contribution is 5.03. The Morgan fingerprint density at radius 2 is 2.12 bits per heavy atom. The molecule has 1 rings (SSSR count). The van der Waals surface area contributed by atoms with E-state index in [1.807, 2.05) is 24.0 Å². The number of aliphatic hydroxyl groups excluding tert-OH is 2. The first-order chi connectivity index (χ1) is 7.80. The average Bonchev–Trinajstić information content (AvgIpc) is 2.74. The molecular weight excluding hydrogens is 206 g/mol. The van der Waals surface area contributed by atoms with Gasteiger partial charge in [-0.05, 0) is 13.3 Å². The number of aromatic nitrogens is 2. The first-order valence-corrected chi connectivity index (χ1v) is 5.75. The van der Waals surface area contributed by atoms with E-state index < -0.39 is 0 Å². The highest BCUT2D eigenvalue weighted by Gasteiger charge is 2.06. The molecule has 1 heterocycles. The Hall–Kier alpha value is -0.910. The van der Waals surface area contributed by atoms with E-state index in [1.54, 1.807) is 0 Å². The molecule has 0 bridgehead atoms. The monoisotopic (exact) mass is 227 g/mol. The molecule has 0 aliphatic heterocycles. The summed E-state index contributed by atoms with van der Waals surface area (Å²) in [5.41, 5.74) is 1.15. The molecule has 0 fully saturated rings. The standard InChI is InChI=1S/C11H21N3O2/c1-2-14-10-11(8-12-14)9-13(5-7-16)4-3-6-15/h8,10,15-16H,2-7,9H2,1H3. The highest BCUT2D eigenvalue weighted by Crippen LogP contribution is 2.04. The van der Waals surface area contributed by atoms with E-state index in [-0.39, 0.29) is 13.2 Å². The minimum atomic E-state index is 0.146. The molecule has 2 N–H and O–H groups in total. The molecule has 1 aromatic rings. The molecule has 0 spiro atoms. The maximum absolute atomic E-state index is 8.94. The van der Waals surface area contributed by atoms with Gasteiger partial charge in [-0.2, -0.15) is 5.10 Å². The molecule has 0 aliphatic rings. The van der Waals surface area contributed by atoms with E-state index >= 15 is 0 Å². The van der Waals surface area contributed by atoms with Crippen molar-refractivity contribution in [3.05, 3.63) is 18.0 Å². The van der Waals surface area contributed by atoms with Crippen molar-refractivity contribution in [1.29, 1.82) is 0 Å². The van der Waals surface area contributed by atoms with E-state index in [1.165, 1.54) is 0 Å². The summed E-state index contributed by atoms with van der Waals surface area (Å²) in [6, 6.07) is 0. The van der Waals surface area contributed by atoms with Gasteiger partial charge in [0.05, 0.1) is 12.8 Å². The molecular formula is C11H21N3O2. The van der Waals surface area contributed by atoms with Crippen LogP contribution in [0.25, 0.3) is 0 Å². The Bertz CT molecular complexity index is 289. The molecule has 0 amide bonds. The summed E-state index contributed by atoms with van der Waals surface area (Å²) >= 11 is 0. The third-order valence-corrected chi connectivity index (χ3v) is 2.47. The van der Waals surface area contributed by atoms with Crippen LogP contribution >= 0.6 is 0 Å². The van der Waals surface area contributed by atoms with Gasteiger partial charge in [-0.1, -0.05) is 0 Å². The maximum Gasteiger partial charge on any atom is 0.0558 e. The smallest absolute Gasteiger partial charge is 0.0558 e. The minimum Gasteiger partial charge on any atom is -0.396 e. The number of rotatable bonds is 8. The van der Waals surface area contributed by atoms with Crippen LogP contribution in [0.5, 0.6) is 0 Å². The first kappa shape index (κ1) is 13.2. The number of aryl methyl sites for hydroxylation is 1. The molecule has 92 valence electrons. The molecule has 0 unspecified atom stereocenters. The predicted octanol–water partition coefficient (Wildman–Crippen LogP) is 0.0797. The zero-order chi connectivity index (χ0) is 11.8. The number of aliphatic hydroxyl groups is 2. The molecule has 5 nitrogen and oxygen atoms in total. The SMILES string of the molecule is CCn1cc(CN(CCO)CCCO)cn1. The molecule has 0 saturated carbocycles. The topological polar surface area (TPSA) is 61.5 Å². The fourth-order valence-corrected chi connectivity index (χ4v) is 1.62. The van der Waals surface area contributed by atoms with Crippen LogP contribution in [0.3, 0.4) is 0 Å². The molecule has 0 atom stereocenters. The lowest BCUT2D eigenvalue weighted by Gasteiger charge is -2.19. The zero-order valence-corrected chi connectivity index (χ0v) is 9.84. The Morgan fingerprint density at radius 3 is 2.69 bits per heavy atom. The number of hydrogen-bond acceptors (Lipinski definition) is 4. The van der Waals surface area contributed by atoms with Crippen molar-refractivity contribution in [3.63, 3.8) is 0 Å². The third kappa shape index (κ3) is 4.30. The molecule has 0 aromatic carbocycles. The maximum atomic E-state index is 8.94. The summed E-state index contributed by atoms with van der Waals surface area (Å²) in [5, 5.41) is 21.9. The molecule has 1 aromatic heterocycles. The normalized spacial score (nSPS) is 11.2. The summed E-state index contributed by atoms with van der Waals surface area (Å²) in [5.74, 6) is 0. The van der Waals surface area contributed by atoms with E-state index in [0.29, 0.717) is 6.54 Å². The summed E-state index contributed by atoms with van der Waals surface area (Å²) in [4.78, 5) is 2.12. The van der Waals surface area contributed by atoms with Crippen molar-refractivity contribution >= 4 is 0 Å². The number of nitrogens with zero attached hydrogens (tertiary/aromatic N) is 3. The Morgan fingerprint density at radius 1 is 1.31 bits per heavy atom. The van der Waals surface area contributed by atoms with Gasteiger partial charge < -0.3 is 10.2 Å². The average molecular weight is 227 g/mol. The Balaban J connectivity index is 2.46. The van der Waals surface area contributed by atoms with Gasteiger partial charge in [0.15, 0.2) is 0 Å². The summed E-state index contributed by atoms with van der Waals surface area (Å²) in [6.45, 7) is 5.47. The second-order valence-electron chi connectivity index (χ2n) is 3.78. The van der Waals surface area contributed by atoms with E-state index in [2.05, 4.69) is 10.00 Å². The van der Waals surface area contributed by atoms with Crippen LogP contribution in [0.4, 0.5) is 0 Å². The molecule has 16 heavy (non-hydrogen) atoms. The van der Waals surface area contributed by atoms with Gasteiger partial charge in [0, 0.05) is 44.5 Å². The van der Waals surface area contributed by atoms with Crippen LogP contribution in [-0.4, -0.2) is 51.2 Å². The Labute approximate surface area is 96.3 Å². The molecule has 0 saturated heterocycles. The van der Waals surface area contributed by atoms with Crippen molar-refractivity contribution in [2.45, 2.75) is 26.4 Å². The number of hydrogen-bond donors (Lipinski definition) is 2. The van der Waals surface area contributed by atoms with Crippen LogP contribution in [-0.2, 0) is 13.1 Å². The molecule has 5 heteroatoms. The van der Waals surface area contributed by atoms with Gasteiger partial charge in [0.25, 0.3) is 0 Å². The van der Waals surface area contributed by atoms with Crippen LogP contribution in [0.15, 0.2) is 12.4 Å². The zero-order valence-electron chi connectivity index (χ0n) is 9.84. The first-order valence-electron chi connectivity index (χ1n) is 5.75. The van der Waals surface area contributed by atoms with Gasteiger partial charge >= 0.3 is 0 Å². The van der Waals surface area contributed by atoms with E-state index in [9.17, 15) is 0 Å². The van der Waals surface area contributed by atoms with Gasteiger partial charge in [-0.15, -0.1) is 0 Å². The van der Waals surface area contributed by atoms with Gasteiger partial charge in [0.1, 0.15) is 0 Å². The lowest BCUT2D eigenvalue weighted by molar-refractivity contribution is 0.174. The van der Waals surface area contributed by atoms with Crippen LogP contribution in [0.1, 0.15) is 18.9 Å². The molecule has 0 radical (unpaired) electrons. The lowest BCUT2D eigenvalue weighted by atomic mass is 10.3. The second kappa shape index (κ2) is 7.38. The molecule has 0 aliphatic carbocycles. The van der Waals surface area contributed by atoms with E-state index in [0.717, 1.165) is 31.6 Å². The fourth-order valence-electron chi connectivity index (χ4n) is 1.62. The van der Waals surface area contributed by atoms with Crippen LogP contribution < -0.4 is 0 Å². The fraction of sp³-hybridized carbons (Fsp3) is 0.727. The summed E-state index contributed by atoms with van der Waals surface area (Å²) in [7, 11) is 0. The van der Waals surface area contributed by atoms with Crippen molar-refractivity contribution in [2.24, 2.45) is 0 Å². The van der Waals surface area contributed by atoms with Gasteiger partial charge in [-0.25, -0.2) is 0 Å². The highest BCUT2D eigenvalue weighted by atomic mass is 16.3. The van der Waals surface area contributed by atoms with Gasteiger partial charge in [0.2, 0.25) is 0 Å². The lowest BCUT2D eigenvalue weighted by Crippen LogP contribution is -2.28. The predicted molar refractivity (Wildman–Crippen MR) is 62.0 cm³/mol. The van der Waals surface area contributed by atoms with Gasteiger partial charge in [-0.3, -0.25) is 9.58 Å².